The zero-order valence-electron chi connectivity index (χ0n) is 10.8. The number of ether oxygens (including phenoxy) is 1. The van der Waals surface area contributed by atoms with Gasteiger partial charge in [0.15, 0.2) is 0 Å². The van der Waals surface area contributed by atoms with Crippen LogP contribution in [0.4, 0.5) is 0 Å². The summed E-state index contributed by atoms with van der Waals surface area (Å²) < 4.78 is 5.29. The van der Waals surface area contributed by atoms with E-state index >= 15 is 0 Å². The fourth-order valence-corrected chi connectivity index (χ4v) is 2.78. The number of hydrogen-bond acceptors (Lipinski definition) is 3. The number of carbonyl (C=O) groups excluding carboxylic acids is 1. The molecule has 0 aliphatic carbocycles. The van der Waals surface area contributed by atoms with Gasteiger partial charge in [-0.25, -0.2) is 0 Å². The van der Waals surface area contributed by atoms with E-state index in [1.165, 1.54) is 19.3 Å². The van der Waals surface area contributed by atoms with Crippen LogP contribution in [0.2, 0.25) is 0 Å². The van der Waals surface area contributed by atoms with Crippen molar-refractivity contribution in [2.24, 2.45) is 11.8 Å². The molecule has 2 fully saturated rings. The van der Waals surface area contributed by atoms with Crippen LogP contribution in [-0.2, 0) is 9.53 Å². The van der Waals surface area contributed by atoms with Gasteiger partial charge in [-0.05, 0) is 45.2 Å². The van der Waals surface area contributed by atoms with Crippen LogP contribution in [0, 0.1) is 11.8 Å². The van der Waals surface area contributed by atoms with Crippen molar-refractivity contribution in [3.05, 3.63) is 0 Å². The van der Waals surface area contributed by atoms with E-state index in [4.69, 9.17) is 4.74 Å². The van der Waals surface area contributed by atoms with E-state index in [1.54, 1.807) is 0 Å². The number of rotatable bonds is 4. The van der Waals surface area contributed by atoms with Crippen molar-refractivity contribution in [2.45, 2.75) is 25.7 Å². The normalized spacial score (nSPS) is 26.4. The topological polar surface area (TPSA) is 41.6 Å². The van der Waals surface area contributed by atoms with Crippen LogP contribution >= 0.6 is 0 Å². The predicted molar refractivity (Wildman–Crippen MR) is 66.8 cm³/mol. The summed E-state index contributed by atoms with van der Waals surface area (Å²) in [5.74, 6) is 1.27. The van der Waals surface area contributed by atoms with Crippen LogP contribution in [0.5, 0.6) is 0 Å². The summed E-state index contributed by atoms with van der Waals surface area (Å²) >= 11 is 0. The molecule has 17 heavy (non-hydrogen) atoms. The quantitative estimate of drug-likeness (QED) is 0.793. The molecule has 0 aromatic carbocycles. The molecule has 4 nitrogen and oxygen atoms in total. The van der Waals surface area contributed by atoms with Gasteiger partial charge in [0.05, 0.1) is 12.5 Å². The third kappa shape index (κ3) is 3.42. The number of hydrogen-bond donors (Lipinski definition) is 1. The Morgan fingerprint density at radius 1 is 1.35 bits per heavy atom. The highest BCUT2D eigenvalue weighted by molar-refractivity contribution is 5.79. The fourth-order valence-electron chi connectivity index (χ4n) is 2.78. The molecule has 2 heterocycles. The van der Waals surface area contributed by atoms with Crippen molar-refractivity contribution in [1.82, 2.24) is 10.2 Å². The van der Waals surface area contributed by atoms with Gasteiger partial charge in [-0.15, -0.1) is 0 Å². The number of amides is 1. The molecule has 1 unspecified atom stereocenters. The highest BCUT2D eigenvalue weighted by Gasteiger charge is 2.30. The molecular weight excluding hydrogens is 216 g/mol. The molecule has 98 valence electrons. The van der Waals surface area contributed by atoms with Crippen LogP contribution in [0.15, 0.2) is 0 Å². The van der Waals surface area contributed by atoms with Crippen molar-refractivity contribution in [3.63, 3.8) is 0 Å². The first-order valence-electron chi connectivity index (χ1n) is 6.82. The van der Waals surface area contributed by atoms with Gasteiger partial charge < -0.3 is 15.0 Å². The van der Waals surface area contributed by atoms with E-state index in [1.807, 2.05) is 7.05 Å². The predicted octanol–water partition coefficient (Wildman–Crippen LogP) is 0.871. The minimum atomic E-state index is 0.142. The Hall–Kier alpha value is -0.610. The second kappa shape index (κ2) is 6.36. The lowest BCUT2D eigenvalue weighted by molar-refractivity contribution is -0.136. The third-order valence-electron chi connectivity index (χ3n) is 4.01. The molecule has 0 bridgehead atoms. The summed E-state index contributed by atoms with van der Waals surface area (Å²) in [5.41, 5.74) is 0. The average molecular weight is 240 g/mol. The molecule has 2 aliphatic heterocycles. The molecule has 2 aliphatic rings. The Labute approximate surface area is 104 Å². The van der Waals surface area contributed by atoms with Gasteiger partial charge in [-0.3, -0.25) is 4.79 Å². The number of carbonyl (C=O) groups is 1. The maximum absolute atomic E-state index is 12.2. The SMILES string of the molecule is CNCCC1CCN(C(=O)C2CCOC2)CC1. The maximum Gasteiger partial charge on any atom is 0.228 e. The maximum atomic E-state index is 12.2. The van der Waals surface area contributed by atoms with Gasteiger partial charge in [0.2, 0.25) is 5.91 Å². The second-order valence-corrected chi connectivity index (χ2v) is 5.22. The van der Waals surface area contributed by atoms with Gasteiger partial charge >= 0.3 is 0 Å². The molecule has 1 N–H and O–H groups in total. The number of likely N-dealkylation sites (tertiary alicyclic amines) is 1. The molecule has 4 heteroatoms. The highest BCUT2D eigenvalue weighted by atomic mass is 16.5. The molecule has 1 atom stereocenters. The van der Waals surface area contributed by atoms with E-state index in [0.29, 0.717) is 12.5 Å². The smallest absolute Gasteiger partial charge is 0.228 e. The molecular formula is C13H24N2O2. The van der Waals surface area contributed by atoms with Crippen LogP contribution in [0.3, 0.4) is 0 Å². The van der Waals surface area contributed by atoms with Crippen molar-refractivity contribution >= 4 is 5.91 Å². The summed E-state index contributed by atoms with van der Waals surface area (Å²) in [5, 5.41) is 3.20. The van der Waals surface area contributed by atoms with E-state index in [-0.39, 0.29) is 5.92 Å². The Morgan fingerprint density at radius 3 is 2.71 bits per heavy atom. The molecule has 0 aromatic heterocycles. The van der Waals surface area contributed by atoms with Crippen LogP contribution in [-0.4, -0.2) is 50.7 Å². The second-order valence-electron chi connectivity index (χ2n) is 5.22. The molecule has 2 rings (SSSR count). The summed E-state index contributed by atoms with van der Waals surface area (Å²) in [6, 6.07) is 0. The monoisotopic (exact) mass is 240 g/mol. The highest BCUT2D eigenvalue weighted by Crippen LogP contribution is 2.23. The van der Waals surface area contributed by atoms with Gasteiger partial charge in [-0.1, -0.05) is 0 Å². The van der Waals surface area contributed by atoms with E-state index in [9.17, 15) is 4.79 Å². The largest absolute Gasteiger partial charge is 0.381 e. The first kappa shape index (κ1) is 12.8. The Bertz CT molecular complexity index is 244. The molecule has 0 saturated carbocycles. The van der Waals surface area contributed by atoms with Crippen molar-refractivity contribution in [2.75, 3.05) is 39.9 Å². The lowest BCUT2D eigenvalue weighted by Gasteiger charge is -2.33. The van der Waals surface area contributed by atoms with E-state index in [0.717, 1.165) is 38.6 Å². The zero-order chi connectivity index (χ0) is 12.1. The molecule has 1 amide bonds. The van der Waals surface area contributed by atoms with Crippen LogP contribution in [0.25, 0.3) is 0 Å². The Balaban J connectivity index is 1.72. The van der Waals surface area contributed by atoms with Crippen molar-refractivity contribution in [1.29, 1.82) is 0 Å². The van der Waals surface area contributed by atoms with E-state index < -0.39 is 0 Å². The van der Waals surface area contributed by atoms with E-state index in [2.05, 4.69) is 10.2 Å². The van der Waals surface area contributed by atoms with Gasteiger partial charge in [0.1, 0.15) is 0 Å². The average Bonchev–Trinajstić information content (AvgIpc) is 2.90. The Morgan fingerprint density at radius 2 is 2.12 bits per heavy atom. The Kier molecular flexibility index (Phi) is 4.80. The summed E-state index contributed by atoms with van der Waals surface area (Å²) in [6.45, 7) is 4.38. The third-order valence-corrected chi connectivity index (χ3v) is 4.01. The van der Waals surface area contributed by atoms with Crippen LogP contribution in [0.1, 0.15) is 25.7 Å². The summed E-state index contributed by atoms with van der Waals surface area (Å²) in [6.07, 6.45) is 4.49. The lowest BCUT2D eigenvalue weighted by atomic mass is 9.92. The number of nitrogens with one attached hydrogen (secondary N) is 1. The van der Waals surface area contributed by atoms with Gasteiger partial charge in [0.25, 0.3) is 0 Å². The first-order chi connectivity index (χ1) is 8.31. The lowest BCUT2D eigenvalue weighted by Crippen LogP contribution is -2.42. The van der Waals surface area contributed by atoms with Gasteiger partial charge in [0, 0.05) is 19.7 Å². The molecule has 0 spiro atoms. The van der Waals surface area contributed by atoms with Crippen molar-refractivity contribution in [3.8, 4) is 0 Å². The minimum absolute atomic E-state index is 0.142. The molecule has 2 saturated heterocycles. The fraction of sp³-hybridized carbons (Fsp3) is 0.923. The minimum Gasteiger partial charge on any atom is -0.381 e. The molecule has 0 radical (unpaired) electrons. The number of nitrogens with zero attached hydrogens (tertiary/aromatic N) is 1. The number of piperidine rings is 1. The first-order valence-corrected chi connectivity index (χ1v) is 6.82. The zero-order valence-corrected chi connectivity index (χ0v) is 10.8. The van der Waals surface area contributed by atoms with Crippen molar-refractivity contribution < 1.29 is 9.53 Å². The van der Waals surface area contributed by atoms with Crippen LogP contribution < -0.4 is 5.32 Å². The molecule has 0 aromatic rings. The standard InChI is InChI=1S/C13H24N2O2/c1-14-6-2-11-3-7-15(8-4-11)13(16)12-5-9-17-10-12/h11-12,14H,2-10H2,1H3. The van der Waals surface area contributed by atoms with Gasteiger partial charge in [-0.2, -0.15) is 0 Å². The summed E-state index contributed by atoms with van der Waals surface area (Å²) in [7, 11) is 2.00. The summed E-state index contributed by atoms with van der Waals surface area (Å²) in [4.78, 5) is 14.2.